The average molecular weight is 230 g/mol. The summed E-state index contributed by atoms with van der Waals surface area (Å²) in [4.78, 5) is 11.5. The number of nitrogens with one attached hydrogen (secondary N) is 1. The fourth-order valence-electron chi connectivity index (χ4n) is 1.54. The van der Waals surface area contributed by atoms with Gasteiger partial charge in [0.25, 0.3) is 0 Å². The van der Waals surface area contributed by atoms with Crippen LogP contribution in [0.3, 0.4) is 0 Å². The van der Waals surface area contributed by atoms with E-state index in [1.165, 1.54) is 0 Å². The van der Waals surface area contributed by atoms with Crippen LogP contribution in [-0.2, 0) is 9.53 Å². The average Bonchev–Trinajstić information content (AvgIpc) is 2.32. The minimum atomic E-state index is 0.0492. The SMILES string of the molecule is CCOCCC(=O)NCC(CC)(CC)CN. The van der Waals surface area contributed by atoms with Crippen LogP contribution < -0.4 is 11.1 Å². The molecule has 96 valence electrons. The second kappa shape index (κ2) is 8.53. The third kappa shape index (κ3) is 5.47. The largest absolute Gasteiger partial charge is 0.381 e. The van der Waals surface area contributed by atoms with Gasteiger partial charge in [-0.05, 0) is 31.7 Å². The zero-order valence-electron chi connectivity index (χ0n) is 10.8. The predicted octanol–water partition coefficient (Wildman–Crippen LogP) is 1.29. The molecule has 0 saturated carbocycles. The fourth-order valence-corrected chi connectivity index (χ4v) is 1.54. The number of amides is 1. The highest BCUT2D eigenvalue weighted by Crippen LogP contribution is 2.23. The van der Waals surface area contributed by atoms with E-state index in [4.69, 9.17) is 10.5 Å². The zero-order chi connectivity index (χ0) is 12.4. The first-order chi connectivity index (χ1) is 7.64. The molecule has 0 aromatic heterocycles. The Kier molecular flexibility index (Phi) is 8.21. The van der Waals surface area contributed by atoms with E-state index < -0.39 is 0 Å². The number of carbonyl (C=O) groups excluding carboxylic acids is 1. The van der Waals surface area contributed by atoms with Gasteiger partial charge in [0, 0.05) is 19.6 Å². The Bertz CT molecular complexity index is 183. The number of rotatable bonds is 9. The molecule has 0 saturated heterocycles. The molecule has 3 N–H and O–H groups in total. The topological polar surface area (TPSA) is 64.3 Å². The van der Waals surface area contributed by atoms with Crippen LogP contribution in [0.25, 0.3) is 0 Å². The fraction of sp³-hybridized carbons (Fsp3) is 0.917. The van der Waals surface area contributed by atoms with Crippen LogP contribution in [0, 0.1) is 5.41 Å². The minimum absolute atomic E-state index is 0.0492. The van der Waals surface area contributed by atoms with Gasteiger partial charge in [0.2, 0.25) is 5.91 Å². The molecule has 4 heteroatoms. The van der Waals surface area contributed by atoms with Crippen molar-refractivity contribution in [2.24, 2.45) is 11.1 Å². The van der Waals surface area contributed by atoms with Crippen LogP contribution in [-0.4, -0.2) is 32.2 Å². The summed E-state index contributed by atoms with van der Waals surface area (Å²) in [5, 5.41) is 2.94. The monoisotopic (exact) mass is 230 g/mol. The van der Waals surface area contributed by atoms with E-state index in [1.54, 1.807) is 0 Å². The van der Waals surface area contributed by atoms with Crippen molar-refractivity contribution >= 4 is 5.91 Å². The standard InChI is InChI=1S/C12H26N2O2/c1-4-12(5-2,9-13)10-14-11(15)7-8-16-6-3/h4-10,13H2,1-3H3,(H,14,15). The van der Waals surface area contributed by atoms with Gasteiger partial charge in [-0.3, -0.25) is 4.79 Å². The normalized spacial score (nSPS) is 11.5. The molecule has 0 heterocycles. The molecule has 0 aromatic rings. The van der Waals surface area contributed by atoms with E-state index in [1.807, 2.05) is 6.92 Å². The second-order valence-corrected chi connectivity index (χ2v) is 4.13. The summed E-state index contributed by atoms with van der Waals surface area (Å²) in [5.41, 5.74) is 5.82. The molecule has 4 nitrogen and oxygen atoms in total. The summed E-state index contributed by atoms with van der Waals surface area (Å²) < 4.78 is 5.13. The molecule has 0 unspecified atom stereocenters. The molecule has 0 aliphatic carbocycles. The van der Waals surface area contributed by atoms with Crippen molar-refractivity contribution in [3.8, 4) is 0 Å². The summed E-state index contributed by atoms with van der Waals surface area (Å²) in [5.74, 6) is 0.0492. The summed E-state index contributed by atoms with van der Waals surface area (Å²) in [7, 11) is 0. The van der Waals surface area contributed by atoms with Crippen LogP contribution in [0.4, 0.5) is 0 Å². The van der Waals surface area contributed by atoms with E-state index in [0.29, 0.717) is 32.7 Å². The molecule has 0 rings (SSSR count). The van der Waals surface area contributed by atoms with E-state index in [9.17, 15) is 4.79 Å². The maximum absolute atomic E-state index is 11.5. The van der Waals surface area contributed by atoms with Gasteiger partial charge in [-0.2, -0.15) is 0 Å². The summed E-state index contributed by atoms with van der Waals surface area (Å²) in [6, 6.07) is 0. The van der Waals surface area contributed by atoms with Gasteiger partial charge in [-0.15, -0.1) is 0 Å². The number of nitrogens with two attached hydrogens (primary N) is 1. The lowest BCUT2D eigenvalue weighted by molar-refractivity contribution is -0.122. The Morgan fingerprint density at radius 1 is 1.31 bits per heavy atom. The number of ether oxygens (including phenoxy) is 1. The third-order valence-electron chi connectivity index (χ3n) is 3.27. The Morgan fingerprint density at radius 2 is 1.94 bits per heavy atom. The number of carbonyl (C=O) groups is 1. The Balaban J connectivity index is 3.87. The first kappa shape index (κ1) is 15.4. The van der Waals surface area contributed by atoms with E-state index in [-0.39, 0.29) is 11.3 Å². The summed E-state index contributed by atoms with van der Waals surface area (Å²) in [6.07, 6.45) is 2.42. The van der Waals surface area contributed by atoms with Crippen LogP contribution in [0.1, 0.15) is 40.0 Å². The molecular formula is C12H26N2O2. The minimum Gasteiger partial charge on any atom is -0.381 e. The van der Waals surface area contributed by atoms with Gasteiger partial charge in [-0.25, -0.2) is 0 Å². The van der Waals surface area contributed by atoms with Gasteiger partial charge >= 0.3 is 0 Å². The number of hydrogen-bond acceptors (Lipinski definition) is 3. The Morgan fingerprint density at radius 3 is 2.38 bits per heavy atom. The lowest BCUT2D eigenvalue weighted by Gasteiger charge is -2.30. The zero-order valence-corrected chi connectivity index (χ0v) is 10.8. The van der Waals surface area contributed by atoms with Crippen molar-refractivity contribution in [3.63, 3.8) is 0 Å². The van der Waals surface area contributed by atoms with Gasteiger partial charge in [0.15, 0.2) is 0 Å². The van der Waals surface area contributed by atoms with Crippen LogP contribution in [0.5, 0.6) is 0 Å². The van der Waals surface area contributed by atoms with Crippen molar-refractivity contribution in [2.75, 3.05) is 26.3 Å². The van der Waals surface area contributed by atoms with Crippen molar-refractivity contribution in [1.82, 2.24) is 5.32 Å². The Hall–Kier alpha value is -0.610. The Labute approximate surface area is 98.9 Å². The lowest BCUT2D eigenvalue weighted by Crippen LogP contribution is -2.42. The van der Waals surface area contributed by atoms with Crippen LogP contribution in [0.15, 0.2) is 0 Å². The highest BCUT2D eigenvalue weighted by atomic mass is 16.5. The first-order valence-electron chi connectivity index (χ1n) is 6.18. The van der Waals surface area contributed by atoms with E-state index in [2.05, 4.69) is 19.2 Å². The molecule has 0 aliphatic heterocycles. The van der Waals surface area contributed by atoms with Crippen molar-refractivity contribution < 1.29 is 9.53 Å². The molecule has 0 aromatic carbocycles. The third-order valence-corrected chi connectivity index (χ3v) is 3.27. The number of hydrogen-bond donors (Lipinski definition) is 2. The molecule has 0 bridgehead atoms. The van der Waals surface area contributed by atoms with Crippen LogP contribution >= 0.6 is 0 Å². The smallest absolute Gasteiger partial charge is 0.222 e. The quantitative estimate of drug-likeness (QED) is 0.587. The first-order valence-corrected chi connectivity index (χ1v) is 6.18. The van der Waals surface area contributed by atoms with Crippen molar-refractivity contribution in [3.05, 3.63) is 0 Å². The predicted molar refractivity (Wildman–Crippen MR) is 66.2 cm³/mol. The van der Waals surface area contributed by atoms with E-state index in [0.717, 1.165) is 12.8 Å². The maximum atomic E-state index is 11.5. The molecule has 0 atom stereocenters. The molecule has 1 amide bonds. The maximum Gasteiger partial charge on any atom is 0.222 e. The molecule has 0 aliphatic rings. The van der Waals surface area contributed by atoms with Gasteiger partial charge in [-0.1, -0.05) is 13.8 Å². The van der Waals surface area contributed by atoms with Crippen LogP contribution in [0.2, 0.25) is 0 Å². The van der Waals surface area contributed by atoms with Gasteiger partial charge in [0.1, 0.15) is 0 Å². The van der Waals surface area contributed by atoms with Crippen molar-refractivity contribution in [2.45, 2.75) is 40.0 Å². The highest BCUT2D eigenvalue weighted by Gasteiger charge is 2.24. The van der Waals surface area contributed by atoms with Gasteiger partial charge < -0.3 is 15.8 Å². The summed E-state index contributed by atoms with van der Waals surface area (Å²) in [6.45, 7) is 8.59. The molecule has 0 radical (unpaired) electrons. The second-order valence-electron chi connectivity index (χ2n) is 4.13. The van der Waals surface area contributed by atoms with Gasteiger partial charge in [0.05, 0.1) is 6.61 Å². The molecule has 16 heavy (non-hydrogen) atoms. The molecule has 0 fully saturated rings. The summed E-state index contributed by atoms with van der Waals surface area (Å²) >= 11 is 0. The molecular weight excluding hydrogens is 204 g/mol. The van der Waals surface area contributed by atoms with E-state index >= 15 is 0 Å². The highest BCUT2D eigenvalue weighted by molar-refractivity contribution is 5.75. The molecule has 0 spiro atoms. The lowest BCUT2D eigenvalue weighted by atomic mass is 9.82. The van der Waals surface area contributed by atoms with Crippen molar-refractivity contribution in [1.29, 1.82) is 0 Å².